The number of nitrogens with one attached hydrogen (secondary N) is 1. The minimum Gasteiger partial charge on any atom is -0.479 e. The number of amides is 1. The van der Waals surface area contributed by atoms with Crippen molar-refractivity contribution >= 4 is 11.9 Å². The standard InChI is InChI=1S/C22H23FN2O5/c1-14(22(27)28)29-17-8-4-15(5-9-17)13-25-20(26)19-3-2-12-24-21(19)30-18-10-6-16(23)7-11-18/h2-4,6-7,10-12,14,17H,5,8-9,13H2,1H3,(H,25,26)(H,27,28)/t14-,17?/m1/s1. The van der Waals surface area contributed by atoms with Gasteiger partial charge in [-0.1, -0.05) is 11.6 Å². The highest BCUT2D eigenvalue weighted by atomic mass is 19.1. The zero-order chi connectivity index (χ0) is 21.5. The van der Waals surface area contributed by atoms with Crippen LogP contribution in [-0.4, -0.2) is 40.7 Å². The second kappa shape index (κ2) is 9.98. The van der Waals surface area contributed by atoms with Crippen LogP contribution in [0.2, 0.25) is 0 Å². The number of carbonyl (C=O) groups excluding carboxylic acids is 1. The maximum Gasteiger partial charge on any atom is 0.332 e. The molecule has 2 atom stereocenters. The molecule has 1 aromatic heterocycles. The highest BCUT2D eigenvalue weighted by molar-refractivity contribution is 5.96. The fraction of sp³-hybridized carbons (Fsp3) is 0.318. The van der Waals surface area contributed by atoms with E-state index in [1.807, 2.05) is 6.08 Å². The van der Waals surface area contributed by atoms with Gasteiger partial charge in [-0.2, -0.15) is 0 Å². The van der Waals surface area contributed by atoms with Crippen molar-refractivity contribution in [3.05, 3.63) is 65.6 Å². The summed E-state index contributed by atoms with van der Waals surface area (Å²) in [5.74, 6) is -1.19. The van der Waals surface area contributed by atoms with E-state index < -0.39 is 12.1 Å². The molecule has 1 amide bonds. The Morgan fingerprint density at radius 3 is 2.73 bits per heavy atom. The van der Waals surface area contributed by atoms with Gasteiger partial charge in [-0.05, 0) is 62.6 Å². The zero-order valence-corrected chi connectivity index (χ0v) is 16.5. The summed E-state index contributed by atoms with van der Waals surface area (Å²) in [6.07, 6.45) is 4.53. The summed E-state index contributed by atoms with van der Waals surface area (Å²) in [5, 5.41) is 11.8. The van der Waals surface area contributed by atoms with Crippen LogP contribution in [-0.2, 0) is 9.53 Å². The van der Waals surface area contributed by atoms with E-state index in [4.69, 9.17) is 14.6 Å². The number of ether oxygens (including phenoxy) is 2. The zero-order valence-electron chi connectivity index (χ0n) is 16.5. The van der Waals surface area contributed by atoms with Gasteiger partial charge in [0.05, 0.1) is 6.10 Å². The van der Waals surface area contributed by atoms with Crippen LogP contribution in [0.3, 0.4) is 0 Å². The van der Waals surface area contributed by atoms with Crippen LogP contribution < -0.4 is 10.1 Å². The fourth-order valence-corrected chi connectivity index (χ4v) is 3.04. The first-order chi connectivity index (χ1) is 14.4. The second-order valence-electron chi connectivity index (χ2n) is 6.97. The Kier molecular flexibility index (Phi) is 7.13. The first kappa shape index (κ1) is 21.4. The summed E-state index contributed by atoms with van der Waals surface area (Å²) in [4.78, 5) is 27.6. The van der Waals surface area contributed by atoms with Gasteiger partial charge in [0.2, 0.25) is 5.88 Å². The minimum absolute atomic E-state index is 0.135. The van der Waals surface area contributed by atoms with Crippen molar-refractivity contribution in [1.29, 1.82) is 0 Å². The van der Waals surface area contributed by atoms with E-state index in [-0.39, 0.29) is 29.3 Å². The molecule has 1 heterocycles. The summed E-state index contributed by atoms with van der Waals surface area (Å²) in [7, 11) is 0. The van der Waals surface area contributed by atoms with E-state index in [1.54, 1.807) is 12.1 Å². The molecule has 7 nitrogen and oxygen atoms in total. The molecule has 1 aliphatic rings. The maximum absolute atomic E-state index is 13.1. The van der Waals surface area contributed by atoms with E-state index in [0.717, 1.165) is 5.57 Å². The summed E-state index contributed by atoms with van der Waals surface area (Å²) < 4.78 is 24.2. The number of halogens is 1. The smallest absolute Gasteiger partial charge is 0.332 e. The molecule has 2 N–H and O–H groups in total. The third-order valence-electron chi connectivity index (χ3n) is 4.72. The van der Waals surface area contributed by atoms with Crippen LogP contribution in [0, 0.1) is 5.82 Å². The van der Waals surface area contributed by atoms with Crippen molar-refractivity contribution in [1.82, 2.24) is 10.3 Å². The Balaban J connectivity index is 1.56. The van der Waals surface area contributed by atoms with Gasteiger partial charge in [-0.3, -0.25) is 4.79 Å². The first-order valence-corrected chi connectivity index (χ1v) is 9.65. The molecule has 158 valence electrons. The van der Waals surface area contributed by atoms with Crippen LogP contribution >= 0.6 is 0 Å². The number of aliphatic carboxylic acids is 1. The lowest BCUT2D eigenvalue weighted by Gasteiger charge is -2.24. The molecule has 1 unspecified atom stereocenters. The molecule has 3 rings (SSSR count). The lowest BCUT2D eigenvalue weighted by atomic mass is 9.97. The molecular formula is C22H23FN2O5. The van der Waals surface area contributed by atoms with Gasteiger partial charge in [0, 0.05) is 12.7 Å². The van der Waals surface area contributed by atoms with Crippen molar-refractivity contribution < 1.29 is 28.6 Å². The van der Waals surface area contributed by atoms with E-state index in [9.17, 15) is 14.0 Å². The quantitative estimate of drug-likeness (QED) is 0.639. The average molecular weight is 414 g/mol. The van der Waals surface area contributed by atoms with Crippen molar-refractivity contribution in [2.45, 2.75) is 38.4 Å². The Morgan fingerprint density at radius 1 is 1.30 bits per heavy atom. The third kappa shape index (κ3) is 5.87. The number of carbonyl (C=O) groups is 2. The molecule has 0 fully saturated rings. The van der Waals surface area contributed by atoms with E-state index >= 15 is 0 Å². The third-order valence-corrected chi connectivity index (χ3v) is 4.72. The minimum atomic E-state index is -0.979. The van der Waals surface area contributed by atoms with Gasteiger partial charge in [0.15, 0.2) is 6.10 Å². The Labute approximate surface area is 173 Å². The van der Waals surface area contributed by atoms with Gasteiger partial charge in [0.1, 0.15) is 17.1 Å². The van der Waals surface area contributed by atoms with Crippen LogP contribution in [0.25, 0.3) is 0 Å². The van der Waals surface area contributed by atoms with Crippen LogP contribution in [0.15, 0.2) is 54.2 Å². The van der Waals surface area contributed by atoms with Crippen molar-refractivity contribution in [2.24, 2.45) is 0 Å². The number of benzene rings is 1. The van der Waals surface area contributed by atoms with Crippen molar-refractivity contribution in [3.8, 4) is 11.6 Å². The number of carboxylic acid groups (broad SMARTS) is 1. The fourth-order valence-electron chi connectivity index (χ4n) is 3.04. The Bertz CT molecular complexity index is 929. The first-order valence-electron chi connectivity index (χ1n) is 9.65. The highest BCUT2D eigenvalue weighted by Gasteiger charge is 2.21. The molecule has 0 saturated heterocycles. The van der Waals surface area contributed by atoms with Gasteiger partial charge in [0.25, 0.3) is 5.91 Å². The van der Waals surface area contributed by atoms with Gasteiger partial charge < -0.3 is 19.9 Å². The maximum atomic E-state index is 13.1. The molecule has 0 spiro atoms. The molecule has 0 saturated carbocycles. The summed E-state index contributed by atoms with van der Waals surface area (Å²) >= 11 is 0. The molecule has 0 radical (unpaired) electrons. The number of rotatable bonds is 8. The van der Waals surface area contributed by atoms with Crippen LogP contribution in [0.5, 0.6) is 11.6 Å². The van der Waals surface area contributed by atoms with E-state index in [2.05, 4.69) is 10.3 Å². The molecule has 1 aromatic carbocycles. The molecule has 30 heavy (non-hydrogen) atoms. The SMILES string of the molecule is C[C@@H](OC1CC=C(CNC(=O)c2cccnc2Oc2ccc(F)cc2)CC1)C(=O)O. The lowest BCUT2D eigenvalue weighted by molar-refractivity contribution is -0.153. The molecule has 2 aromatic rings. The van der Waals surface area contributed by atoms with Gasteiger partial charge >= 0.3 is 5.97 Å². The molecule has 1 aliphatic carbocycles. The average Bonchev–Trinajstić information content (AvgIpc) is 2.75. The van der Waals surface area contributed by atoms with Crippen LogP contribution in [0.1, 0.15) is 36.5 Å². The normalized spacial score (nSPS) is 17.0. The monoisotopic (exact) mass is 414 g/mol. The predicted molar refractivity (Wildman–Crippen MR) is 107 cm³/mol. The highest BCUT2D eigenvalue weighted by Crippen LogP contribution is 2.24. The topological polar surface area (TPSA) is 97.8 Å². The Morgan fingerprint density at radius 2 is 2.07 bits per heavy atom. The molecular weight excluding hydrogens is 391 g/mol. The summed E-state index contributed by atoms with van der Waals surface area (Å²) in [5.41, 5.74) is 1.32. The van der Waals surface area contributed by atoms with Crippen molar-refractivity contribution in [2.75, 3.05) is 6.54 Å². The number of aromatic nitrogens is 1. The van der Waals surface area contributed by atoms with Gasteiger partial charge in [-0.25, -0.2) is 14.2 Å². The summed E-state index contributed by atoms with van der Waals surface area (Å²) in [6, 6.07) is 8.69. The largest absolute Gasteiger partial charge is 0.479 e. The predicted octanol–water partition coefficient (Wildman–Crippen LogP) is 3.71. The number of hydrogen-bond acceptors (Lipinski definition) is 5. The number of hydrogen-bond donors (Lipinski definition) is 2. The molecule has 8 heteroatoms. The molecule has 0 aliphatic heterocycles. The lowest BCUT2D eigenvalue weighted by Crippen LogP contribution is -2.30. The van der Waals surface area contributed by atoms with Crippen molar-refractivity contribution in [3.63, 3.8) is 0 Å². The van der Waals surface area contributed by atoms with Crippen LogP contribution in [0.4, 0.5) is 4.39 Å². The summed E-state index contributed by atoms with van der Waals surface area (Å²) in [6.45, 7) is 1.88. The van der Waals surface area contributed by atoms with E-state index in [0.29, 0.717) is 31.6 Å². The number of carboxylic acids is 1. The van der Waals surface area contributed by atoms with E-state index in [1.165, 1.54) is 37.4 Å². The molecule has 0 bridgehead atoms. The number of pyridine rings is 1. The Hall–Kier alpha value is -3.26. The number of nitrogens with zero attached hydrogens (tertiary/aromatic N) is 1. The van der Waals surface area contributed by atoms with Gasteiger partial charge in [-0.15, -0.1) is 0 Å². The second-order valence-corrected chi connectivity index (χ2v) is 6.97.